The van der Waals surface area contributed by atoms with E-state index in [-0.39, 0.29) is 12.6 Å². The molecule has 4 nitrogen and oxygen atoms in total. The number of hydrogen-bond donors (Lipinski definition) is 1. The molecule has 0 bridgehead atoms. The summed E-state index contributed by atoms with van der Waals surface area (Å²) in [6.45, 7) is 2.73. The Morgan fingerprint density at radius 2 is 2.11 bits per heavy atom. The third-order valence-corrected chi connectivity index (χ3v) is 6.70. The van der Waals surface area contributed by atoms with Crippen LogP contribution in [0.4, 0.5) is 0 Å². The Kier molecular flexibility index (Phi) is 4.42. The van der Waals surface area contributed by atoms with Crippen molar-refractivity contribution in [2.24, 2.45) is 5.73 Å². The average molecular weight is 288 g/mol. The summed E-state index contributed by atoms with van der Waals surface area (Å²) in [7, 11) is -3.37. The van der Waals surface area contributed by atoms with E-state index in [0.717, 1.165) is 30.6 Å². The lowest BCUT2D eigenvalue weighted by atomic mass is 10.2. The molecule has 6 heteroatoms. The van der Waals surface area contributed by atoms with Crippen LogP contribution in [0.25, 0.3) is 0 Å². The number of nitrogens with zero attached hydrogens (tertiary/aromatic N) is 1. The predicted octanol–water partition coefficient (Wildman–Crippen LogP) is 2.16. The molecule has 1 fully saturated rings. The van der Waals surface area contributed by atoms with Crippen LogP contribution in [-0.4, -0.2) is 25.3 Å². The molecular weight excluding hydrogens is 268 g/mol. The van der Waals surface area contributed by atoms with E-state index in [0.29, 0.717) is 11.4 Å². The first-order valence-corrected chi connectivity index (χ1v) is 8.71. The number of nitrogens with two attached hydrogens (primary N) is 1. The maximum absolute atomic E-state index is 12.7. The monoisotopic (exact) mass is 288 g/mol. The largest absolute Gasteiger partial charge is 0.326 e. The molecule has 0 spiro atoms. The molecule has 2 N–H and O–H groups in total. The van der Waals surface area contributed by atoms with Gasteiger partial charge in [-0.15, -0.1) is 11.3 Å². The Bertz CT molecular complexity index is 490. The van der Waals surface area contributed by atoms with Gasteiger partial charge in [0.05, 0.1) is 4.90 Å². The van der Waals surface area contributed by atoms with Crippen molar-refractivity contribution in [3.63, 3.8) is 0 Å². The first kappa shape index (κ1) is 14.0. The molecule has 1 aromatic rings. The zero-order valence-corrected chi connectivity index (χ0v) is 12.3. The lowest BCUT2D eigenvalue weighted by Gasteiger charge is -2.26. The van der Waals surface area contributed by atoms with Gasteiger partial charge in [0, 0.05) is 24.0 Å². The fourth-order valence-corrected chi connectivity index (χ4v) is 5.65. The minimum atomic E-state index is -3.37. The average Bonchev–Trinajstić information content (AvgIpc) is 3.00. The van der Waals surface area contributed by atoms with E-state index in [1.165, 1.54) is 11.3 Å². The molecule has 1 saturated carbocycles. The molecule has 0 radical (unpaired) electrons. The molecule has 102 valence electrons. The first-order valence-electron chi connectivity index (χ1n) is 6.39. The maximum atomic E-state index is 12.7. The molecule has 2 rings (SSSR count). The number of thiophene rings is 1. The molecule has 0 atom stereocenters. The third-order valence-electron chi connectivity index (χ3n) is 3.52. The molecular formula is C12H20N2O2S2. The van der Waals surface area contributed by atoms with Gasteiger partial charge in [0.1, 0.15) is 0 Å². The van der Waals surface area contributed by atoms with Crippen molar-refractivity contribution in [1.29, 1.82) is 0 Å². The molecule has 0 unspecified atom stereocenters. The fraction of sp³-hybridized carbons (Fsp3) is 0.667. The van der Waals surface area contributed by atoms with E-state index < -0.39 is 10.0 Å². The zero-order chi connectivity index (χ0) is 13.2. The Morgan fingerprint density at radius 3 is 2.67 bits per heavy atom. The molecule has 1 aromatic heterocycles. The van der Waals surface area contributed by atoms with Gasteiger partial charge in [-0.05, 0) is 24.3 Å². The predicted molar refractivity (Wildman–Crippen MR) is 74.0 cm³/mol. The molecule has 1 heterocycles. The van der Waals surface area contributed by atoms with Crippen molar-refractivity contribution in [2.75, 3.05) is 6.54 Å². The molecule has 18 heavy (non-hydrogen) atoms. The molecule has 1 aliphatic rings. The van der Waals surface area contributed by atoms with Crippen LogP contribution in [0.1, 0.15) is 37.5 Å². The van der Waals surface area contributed by atoms with Crippen molar-refractivity contribution in [3.05, 3.63) is 16.3 Å². The highest BCUT2D eigenvalue weighted by Crippen LogP contribution is 2.31. The topological polar surface area (TPSA) is 63.4 Å². The van der Waals surface area contributed by atoms with Gasteiger partial charge in [-0.2, -0.15) is 4.31 Å². The van der Waals surface area contributed by atoms with Crippen LogP contribution < -0.4 is 5.73 Å². The van der Waals surface area contributed by atoms with Crippen LogP contribution in [0, 0.1) is 0 Å². The smallest absolute Gasteiger partial charge is 0.244 e. The van der Waals surface area contributed by atoms with Crippen LogP contribution in [-0.2, 0) is 16.6 Å². The fourth-order valence-electron chi connectivity index (χ4n) is 2.65. The molecule has 0 aromatic carbocycles. The highest BCUT2D eigenvalue weighted by Gasteiger charge is 2.33. The summed E-state index contributed by atoms with van der Waals surface area (Å²) in [5.41, 5.74) is 5.61. The lowest BCUT2D eigenvalue weighted by Crippen LogP contribution is -2.38. The third kappa shape index (κ3) is 2.47. The van der Waals surface area contributed by atoms with Crippen molar-refractivity contribution < 1.29 is 8.42 Å². The SMILES string of the molecule is CCN(C1CCCC1)S(=O)(=O)c1ccsc1CN. The van der Waals surface area contributed by atoms with Gasteiger partial charge in [0.2, 0.25) is 10.0 Å². The van der Waals surface area contributed by atoms with Gasteiger partial charge >= 0.3 is 0 Å². The molecule has 1 aliphatic carbocycles. The summed E-state index contributed by atoms with van der Waals surface area (Å²) in [6.07, 6.45) is 4.22. The second kappa shape index (κ2) is 5.69. The van der Waals surface area contributed by atoms with Crippen molar-refractivity contribution >= 4 is 21.4 Å². The van der Waals surface area contributed by atoms with E-state index in [1.807, 2.05) is 6.92 Å². The van der Waals surface area contributed by atoms with E-state index in [1.54, 1.807) is 15.8 Å². The van der Waals surface area contributed by atoms with Crippen molar-refractivity contribution in [2.45, 2.75) is 50.1 Å². The van der Waals surface area contributed by atoms with E-state index in [9.17, 15) is 8.42 Å². The Labute approximate surface area is 113 Å². The van der Waals surface area contributed by atoms with Crippen molar-refractivity contribution in [3.8, 4) is 0 Å². The van der Waals surface area contributed by atoms with E-state index >= 15 is 0 Å². The summed E-state index contributed by atoms with van der Waals surface area (Å²) >= 11 is 1.42. The molecule has 0 amide bonds. The summed E-state index contributed by atoms with van der Waals surface area (Å²) in [5, 5.41) is 1.80. The van der Waals surface area contributed by atoms with Gasteiger partial charge in [0.15, 0.2) is 0 Å². The number of sulfonamides is 1. The quantitative estimate of drug-likeness (QED) is 0.903. The van der Waals surface area contributed by atoms with Gasteiger partial charge in [0.25, 0.3) is 0 Å². The Hall–Kier alpha value is -0.430. The van der Waals surface area contributed by atoms with Crippen LogP contribution in [0.15, 0.2) is 16.3 Å². The number of hydrogen-bond acceptors (Lipinski definition) is 4. The minimum absolute atomic E-state index is 0.172. The van der Waals surface area contributed by atoms with Gasteiger partial charge < -0.3 is 5.73 Å². The van der Waals surface area contributed by atoms with Crippen LogP contribution in [0.2, 0.25) is 0 Å². The summed E-state index contributed by atoms with van der Waals surface area (Å²) in [6, 6.07) is 1.85. The summed E-state index contributed by atoms with van der Waals surface area (Å²) in [4.78, 5) is 1.16. The van der Waals surface area contributed by atoms with Crippen LogP contribution in [0.3, 0.4) is 0 Å². The first-order chi connectivity index (χ1) is 8.61. The standard InChI is InChI=1S/C12H20N2O2S2/c1-2-14(10-5-3-4-6-10)18(15,16)12-7-8-17-11(12)9-13/h7-8,10H,2-6,9,13H2,1H3. The summed E-state index contributed by atoms with van der Waals surface area (Å²) in [5.74, 6) is 0. The number of rotatable bonds is 5. The normalized spacial score (nSPS) is 17.7. The molecule has 0 saturated heterocycles. The van der Waals surface area contributed by atoms with Gasteiger partial charge in [-0.1, -0.05) is 19.8 Å². The Balaban J connectivity index is 2.33. The second-order valence-electron chi connectivity index (χ2n) is 4.56. The highest BCUT2D eigenvalue weighted by atomic mass is 32.2. The Morgan fingerprint density at radius 1 is 1.44 bits per heavy atom. The van der Waals surface area contributed by atoms with Gasteiger partial charge in [-0.3, -0.25) is 0 Å². The highest BCUT2D eigenvalue weighted by molar-refractivity contribution is 7.89. The molecule has 0 aliphatic heterocycles. The minimum Gasteiger partial charge on any atom is -0.326 e. The summed E-state index contributed by atoms with van der Waals surface area (Å²) < 4.78 is 27.0. The van der Waals surface area contributed by atoms with Crippen molar-refractivity contribution in [1.82, 2.24) is 4.31 Å². The lowest BCUT2D eigenvalue weighted by molar-refractivity contribution is 0.335. The van der Waals surface area contributed by atoms with E-state index in [2.05, 4.69) is 0 Å². The van der Waals surface area contributed by atoms with E-state index in [4.69, 9.17) is 5.73 Å². The van der Waals surface area contributed by atoms with Crippen LogP contribution in [0.5, 0.6) is 0 Å². The zero-order valence-electron chi connectivity index (χ0n) is 10.6. The van der Waals surface area contributed by atoms with Gasteiger partial charge in [-0.25, -0.2) is 8.42 Å². The second-order valence-corrected chi connectivity index (χ2v) is 7.42. The van der Waals surface area contributed by atoms with Crippen LogP contribution >= 0.6 is 11.3 Å². The maximum Gasteiger partial charge on any atom is 0.244 e.